The van der Waals surface area contributed by atoms with E-state index in [0.717, 1.165) is 0 Å². The van der Waals surface area contributed by atoms with Crippen molar-refractivity contribution in [3.8, 4) is 22.3 Å². The number of rotatable bonds is 3. The van der Waals surface area contributed by atoms with E-state index in [-0.39, 0.29) is 0 Å². The van der Waals surface area contributed by atoms with Crippen LogP contribution in [0.15, 0.2) is 96.6 Å². The molecule has 3 aromatic carbocycles. The van der Waals surface area contributed by atoms with Crippen LogP contribution in [0, 0.1) is 19.8 Å². The van der Waals surface area contributed by atoms with Gasteiger partial charge in [0.15, 0.2) is 0 Å². The molecule has 1 aliphatic rings. The first-order valence-electron chi connectivity index (χ1n) is 10.4. The molecule has 4 rings (SSSR count). The monoisotopic (exact) mass is 376 g/mol. The van der Waals surface area contributed by atoms with Crippen LogP contribution < -0.4 is 0 Å². The summed E-state index contributed by atoms with van der Waals surface area (Å²) in [6.07, 6.45) is 8.98. The van der Waals surface area contributed by atoms with E-state index in [1.807, 2.05) is 0 Å². The molecule has 0 radical (unpaired) electrons. The van der Waals surface area contributed by atoms with Gasteiger partial charge in [-0.15, -0.1) is 0 Å². The zero-order chi connectivity index (χ0) is 20.4. The second-order valence-electron chi connectivity index (χ2n) is 8.13. The second-order valence-corrected chi connectivity index (χ2v) is 8.13. The van der Waals surface area contributed by atoms with Crippen molar-refractivity contribution in [3.63, 3.8) is 0 Å². The van der Waals surface area contributed by atoms with E-state index < -0.39 is 0 Å². The third kappa shape index (κ3) is 4.17. The van der Waals surface area contributed by atoms with E-state index in [2.05, 4.69) is 119 Å². The van der Waals surface area contributed by atoms with Crippen molar-refractivity contribution < 1.29 is 0 Å². The van der Waals surface area contributed by atoms with Crippen LogP contribution in [0.2, 0.25) is 0 Å². The van der Waals surface area contributed by atoms with Gasteiger partial charge in [-0.3, -0.25) is 0 Å². The highest BCUT2D eigenvalue weighted by Gasteiger charge is 2.06. The van der Waals surface area contributed by atoms with Gasteiger partial charge in [0, 0.05) is 0 Å². The fourth-order valence-corrected chi connectivity index (χ4v) is 3.65. The Bertz CT molecular complexity index is 1100. The van der Waals surface area contributed by atoms with E-state index in [1.54, 1.807) is 0 Å². The summed E-state index contributed by atoms with van der Waals surface area (Å²) in [6.45, 7) is 8.76. The second kappa shape index (κ2) is 8.09. The average Bonchev–Trinajstić information content (AvgIpc) is 2.92. The lowest BCUT2D eigenvalue weighted by atomic mass is 9.96. The predicted octanol–water partition coefficient (Wildman–Crippen LogP) is 8.17. The molecule has 0 bridgehead atoms. The Labute approximate surface area is 174 Å². The van der Waals surface area contributed by atoms with E-state index >= 15 is 0 Å². The van der Waals surface area contributed by atoms with E-state index in [4.69, 9.17) is 0 Å². The van der Waals surface area contributed by atoms with Crippen molar-refractivity contribution >= 4 is 5.57 Å². The number of hydrogen-bond donors (Lipinski definition) is 0. The molecule has 0 aromatic heterocycles. The molecule has 1 unspecified atom stereocenters. The van der Waals surface area contributed by atoms with Crippen LogP contribution in [0.5, 0.6) is 0 Å². The lowest BCUT2D eigenvalue weighted by Gasteiger charge is -2.08. The number of aryl methyl sites for hydroxylation is 2. The van der Waals surface area contributed by atoms with Crippen molar-refractivity contribution in [2.75, 3.05) is 0 Å². The third-order valence-electron chi connectivity index (χ3n) is 6.09. The first-order valence-corrected chi connectivity index (χ1v) is 10.4. The summed E-state index contributed by atoms with van der Waals surface area (Å²) >= 11 is 0. The molecule has 0 aliphatic heterocycles. The summed E-state index contributed by atoms with van der Waals surface area (Å²) in [7, 11) is 0. The molecule has 0 N–H and O–H groups in total. The van der Waals surface area contributed by atoms with Gasteiger partial charge >= 0.3 is 0 Å². The van der Waals surface area contributed by atoms with Gasteiger partial charge in [0.05, 0.1) is 0 Å². The molecular formula is C29H28. The predicted molar refractivity (Wildman–Crippen MR) is 127 cm³/mol. The van der Waals surface area contributed by atoms with Crippen molar-refractivity contribution in [3.05, 3.63) is 113 Å². The first kappa shape index (κ1) is 19.2. The Morgan fingerprint density at radius 1 is 0.552 bits per heavy atom. The maximum absolute atomic E-state index is 2.28. The van der Waals surface area contributed by atoms with Gasteiger partial charge in [0.2, 0.25) is 0 Å². The summed E-state index contributed by atoms with van der Waals surface area (Å²) in [6, 6.07) is 24.4. The zero-order valence-electron chi connectivity index (χ0n) is 17.7. The van der Waals surface area contributed by atoms with Gasteiger partial charge in [-0.05, 0) is 71.2 Å². The SMILES string of the molecule is CC1=CC=C(c2ccc(-c3ccc(-c4ccc(C)c(C)c4)cc3)cc2)C=CC1C. The van der Waals surface area contributed by atoms with Crippen LogP contribution in [-0.4, -0.2) is 0 Å². The van der Waals surface area contributed by atoms with Gasteiger partial charge in [0.25, 0.3) is 0 Å². The quantitative estimate of drug-likeness (QED) is 0.432. The highest BCUT2D eigenvalue weighted by atomic mass is 14.1. The molecule has 0 heterocycles. The van der Waals surface area contributed by atoms with Crippen LogP contribution in [-0.2, 0) is 0 Å². The van der Waals surface area contributed by atoms with Crippen LogP contribution in [0.25, 0.3) is 27.8 Å². The fraction of sp³-hybridized carbons (Fsp3) is 0.172. The summed E-state index contributed by atoms with van der Waals surface area (Å²) in [4.78, 5) is 0. The molecule has 0 saturated carbocycles. The largest absolute Gasteiger partial charge is 0.0770 e. The zero-order valence-corrected chi connectivity index (χ0v) is 17.7. The number of benzene rings is 3. The number of allylic oxidation sites excluding steroid dienone is 6. The minimum absolute atomic E-state index is 0.499. The third-order valence-corrected chi connectivity index (χ3v) is 6.09. The van der Waals surface area contributed by atoms with Crippen LogP contribution >= 0.6 is 0 Å². The van der Waals surface area contributed by atoms with E-state index in [9.17, 15) is 0 Å². The molecule has 3 aromatic rings. The van der Waals surface area contributed by atoms with E-state index in [1.165, 1.54) is 50.1 Å². The molecule has 144 valence electrons. The smallest absolute Gasteiger partial charge is 0.00480 e. The molecule has 29 heavy (non-hydrogen) atoms. The molecule has 0 spiro atoms. The van der Waals surface area contributed by atoms with Crippen LogP contribution in [0.1, 0.15) is 30.5 Å². The molecule has 0 nitrogen and oxygen atoms in total. The summed E-state index contributed by atoms with van der Waals surface area (Å²) < 4.78 is 0. The van der Waals surface area contributed by atoms with E-state index in [0.29, 0.717) is 5.92 Å². The minimum Gasteiger partial charge on any atom is -0.0770 e. The summed E-state index contributed by atoms with van der Waals surface area (Å²) in [5.74, 6) is 0.499. The highest BCUT2D eigenvalue weighted by Crippen LogP contribution is 2.28. The van der Waals surface area contributed by atoms with Gasteiger partial charge in [-0.2, -0.15) is 0 Å². The van der Waals surface area contributed by atoms with Gasteiger partial charge in [-0.1, -0.05) is 104 Å². The lowest BCUT2D eigenvalue weighted by molar-refractivity contribution is 0.865. The molecule has 0 amide bonds. The molecule has 0 fully saturated rings. The van der Waals surface area contributed by atoms with Crippen molar-refractivity contribution in [2.45, 2.75) is 27.7 Å². The number of hydrogen-bond acceptors (Lipinski definition) is 0. The van der Waals surface area contributed by atoms with Gasteiger partial charge < -0.3 is 0 Å². The molecule has 0 heteroatoms. The van der Waals surface area contributed by atoms with Crippen molar-refractivity contribution in [1.82, 2.24) is 0 Å². The van der Waals surface area contributed by atoms with Gasteiger partial charge in [-0.25, -0.2) is 0 Å². The Balaban J connectivity index is 1.56. The Kier molecular flexibility index (Phi) is 5.36. The van der Waals surface area contributed by atoms with Crippen LogP contribution in [0.4, 0.5) is 0 Å². The summed E-state index contributed by atoms with van der Waals surface area (Å²) in [5, 5.41) is 0. The highest BCUT2D eigenvalue weighted by molar-refractivity contribution is 5.78. The minimum atomic E-state index is 0.499. The fourth-order valence-electron chi connectivity index (χ4n) is 3.65. The topological polar surface area (TPSA) is 0 Å². The Hall–Kier alpha value is -3.12. The van der Waals surface area contributed by atoms with Crippen molar-refractivity contribution in [2.24, 2.45) is 5.92 Å². The molecule has 0 saturated heterocycles. The lowest BCUT2D eigenvalue weighted by Crippen LogP contribution is -1.88. The molecule has 1 aliphatic carbocycles. The standard InChI is InChI=1S/C29H28/c1-20-5-8-24(9-6-21(20)2)25-11-13-26(14-12-25)27-15-17-28(18-16-27)29-10-7-22(3)23(4)19-29/h5-20H,1-4H3. The Morgan fingerprint density at radius 2 is 1.07 bits per heavy atom. The molecular weight excluding hydrogens is 348 g/mol. The summed E-state index contributed by atoms with van der Waals surface area (Å²) in [5.41, 5.74) is 11.6. The van der Waals surface area contributed by atoms with Crippen molar-refractivity contribution in [1.29, 1.82) is 0 Å². The Morgan fingerprint density at radius 3 is 1.66 bits per heavy atom. The maximum atomic E-state index is 2.28. The first-order chi connectivity index (χ1) is 14.0. The van der Waals surface area contributed by atoms with Crippen LogP contribution in [0.3, 0.4) is 0 Å². The average molecular weight is 377 g/mol. The molecule has 1 atom stereocenters. The normalized spacial score (nSPS) is 16.2. The van der Waals surface area contributed by atoms with Gasteiger partial charge in [0.1, 0.15) is 0 Å². The maximum Gasteiger partial charge on any atom is -0.00480 e.